The van der Waals surface area contributed by atoms with Crippen molar-refractivity contribution >= 4 is 27.5 Å². The van der Waals surface area contributed by atoms with Crippen LogP contribution in [0.15, 0.2) is 53.4 Å². The molecule has 4 rings (SSSR count). The van der Waals surface area contributed by atoms with Gasteiger partial charge in [0.2, 0.25) is 21.8 Å². The number of anilines is 1. The molecular weight excluding hydrogens is 440 g/mol. The third kappa shape index (κ3) is 5.61. The molecule has 0 radical (unpaired) electrons. The van der Waals surface area contributed by atoms with E-state index in [9.17, 15) is 18.0 Å². The van der Waals surface area contributed by atoms with Crippen molar-refractivity contribution in [3.8, 4) is 0 Å². The van der Waals surface area contributed by atoms with Gasteiger partial charge in [0.15, 0.2) is 0 Å². The SMILES string of the molecule is CN(CC(=O)Nc1ccccc1)CC(=O)N1CCN(S(=O)(=O)c2ccc3c(c2)CCC3)CC1. The fraction of sp³-hybridized carbons (Fsp3) is 0.417. The molecule has 8 nitrogen and oxygen atoms in total. The molecule has 2 amide bonds. The Balaban J connectivity index is 1.26. The molecule has 2 aliphatic rings. The van der Waals surface area contributed by atoms with Crippen LogP contribution in [-0.2, 0) is 32.5 Å². The summed E-state index contributed by atoms with van der Waals surface area (Å²) in [6.07, 6.45) is 3.01. The number of benzene rings is 2. The number of para-hydroxylation sites is 1. The van der Waals surface area contributed by atoms with E-state index in [-0.39, 0.29) is 38.0 Å². The largest absolute Gasteiger partial charge is 0.339 e. The van der Waals surface area contributed by atoms with Crippen LogP contribution in [-0.4, -0.2) is 80.7 Å². The molecule has 2 aromatic carbocycles. The lowest BCUT2D eigenvalue weighted by Crippen LogP contribution is -2.52. The lowest BCUT2D eigenvalue weighted by Gasteiger charge is -2.34. The van der Waals surface area contributed by atoms with Gasteiger partial charge >= 0.3 is 0 Å². The fourth-order valence-corrected chi connectivity index (χ4v) is 5.86. The molecule has 0 unspecified atom stereocenters. The number of carbonyl (C=O) groups is 2. The van der Waals surface area contributed by atoms with Crippen molar-refractivity contribution < 1.29 is 18.0 Å². The first-order valence-corrected chi connectivity index (χ1v) is 12.7. The lowest BCUT2D eigenvalue weighted by molar-refractivity contribution is -0.133. The summed E-state index contributed by atoms with van der Waals surface area (Å²) in [5.41, 5.74) is 3.08. The van der Waals surface area contributed by atoms with Crippen LogP contribution >= 0.6 is 0 Å². The molecule has 1 fully saturated rings. The highest BCUT2D eigenvalue weighted by atomic mass is 32.2. The van der Waals surface area contributed by atoms with Crippen molar-refractivity contribution in [1.29, 1.82) is 0 Å². The molecule has 0 aromatic heterocycles. The van der Waals surface area contributed by atoms with Crippen LogP contribution in [0.5, 0.6) is 0 Å². The molecule has 1 N–H and O–H groups in total. The molecule has 1 saturated heterocycles. The Bertz CT molecular complexity index is 1110. The van der Waals surface area contributed by atoms with Crippen molar-refractivity contribution in [3.05, 3.63) is 59.7 Å². The lowest BCUT2D eigenvalue weighted by atomic mass is 10.1. The van der Waals surface area contributed by atoms with E-state index in [0.29, 0.717) is 23.7 Å². The van der Waals surface area contributed by atoms with Gasteiger partial charge in [0, 0.05) is 31.9 Å². The zero-order valence-corrected chi connectivity index (χ0v) is 19.7. The summed E-state index contributed by atoms with van der Waals surface area (Å²) in [6, 6.07) is 14.6. The number of amides is 2. The molecule has 1 aliphatic heterocycles. The first-order chi connectivity index (χ1) is 15.8. The van der Waals surface area contributed by atoms with Gasteiger partial charge in [0.25, 0.3) is 0 Å². The van der Waals surface area contributed by atoms with Crippen LogP contribution in [0.4, 0.5) is 5.69 Å². The van der Waals surface area contributed by atoms with Gasteiger partial charge in [-0.3, -0.25) is 14.5 Å². The number of aryl methyl sites for hydroxylation is 2. The number of likely N-dealkylation sites (N-methyl/N-ethyl adjacent to an activating group) is 1. The van der Waals surface area contributed by atoms with Crippen LogP contribution < -0.4 is 5.32 Å². The van der Waals surface area contributed by atoms with E-state index in [4.69, 9.17) is 0 Å². The zero-order chi connectivity index (χ0) is 23.4. The molecule has 0 saturated carbocycles. The van der Waals surface area contributed by atoms with Gasteiger partial charge in [-0.25, -0.2) is 8.42 Å². The number of nitrogens with zero attached hydrogens (tertiary/aromatic N) is 3. The molecule has 0 atom stereocenters. The maximum atomic E-state index is 13.1. The smallest absolute Gasteiger partial charge is 0.243 e. The zero-order valence-electron chi connectivity index (χ0n) is 18.9. The second-order valence-electron chi connectivity index (χ2n) is 8.66. The second kappa shape index (κ2) is 10.0. The maximum Gasteiger partial charge on any atom is 0.243 e. The number of nitrogens with one attached hydrogen (secondary N) is 1. The molecular formula is C24H30N4O4S. The van der Waals surface area contributed by atoms with E-state index >= 15 is 0 Å². The van der Waals surface area contributed by atoms with E-state index in [1.54, 1.807) is 35.0 Å². The topological polar surface area (TPSA) is 90.0 Å². The summed E-state index contributed by atoms with van der Waals surface area (Å²) in [5.74, 6) is -0.304. The third-order valence-electron chi connectivity index (χ3n) is 6.18. The summed E-state index contributed by atoms with van der Waals surface area (Å²) in [4.78, 5) is 28.5. The van der Waals surface area contributed by atoms with Crippen molar-refractivity contribution in [2.24, 2.45) is 0 Å². The van der Waals surface area contributed by atoms with Gasteiger partial charge < -0.3 is 10.2 Å². The van der Waals surface area contributed by atoms with Crippen molar-refractivity contribution in [1.82, 2.24) is 14.1 Å². The number of rotatable bonds is 7. The molecule has 1 aliphatic carbocycles. The van der Waals surface area contributed by atoms with Gasteiger partial charge in [0.05, 0.1) is 18.0 Å². The Morgan fingerprint density at radius 3 is 2.36 bits per heavy atom. The minimum absolute atomic E-state index is 0.0906. The van der Waals surface area contributed by atoms with E-state index in [0.717, 1.165) is 24.8 Å². The summed E-state index contributed by atoms with van der Waals surface area (Å²) in [6.45, 7) is 1.40. The van der Waals surface area contributed by atoms with Crippen LogP contribution in [0.25, 0.3) is 0 Å². The molecule has 0 bridgehead atoms. The number of fused-ring (bicyclic) bond motifs is 1. The van der Waals surface area contributed by atoms with Gasteiger partial charge in [-0.2, -0.15) is 4.31 Å². The number of hydrogen-bond acceptors (Lipinski definition) is 5. The van der Waals surface area contributed by atoms with E-state index in [2.05, 4.69) is 5.32 Å². The summed E-state index contributed by atoms with van der Waals surface area (Å²) >= 11 is 0. The monoisotopic (exact) mass is 470 g/mol. The molecule has 9 heteroatoms. The quantitative estimate of drug-likeness (QED) is 0.664. The second-order valence-corrected chi connectivity index (χ2v) is 10.6. The number of carbonyl (C=O) groups excluding carboxylic acids is 2. The average Bonchev–Trinajstić information content (AvgIpc) is 3.27. The molecule has 2 aromatic rings. The Labute approximate surface area is 195 Å². The minimum atomic E-state index is -3.57. The van der Waals surface area contributed by atoms with Crippen LogP contribution in [0.3, 0.4) is 0 Å². The average molecular weight is 471 g/mol. The molecule has 33 heavy (non-hydrogen) atoms. The Hall–Kier alpha value is -2.75. The number of hydrogen-bond donors (Lipinski definition) is 1. The van der Waals surface area contributed by atoms with Crippen molar-refractivity contribution in [3.63, 3.8) is 0 Å². The van der Waals surface area contributed by atoms with Gasteiger partial charge in [-0.05, 0) is 61.7 Å². The fourth-order valence-electron chi connectivity index (χ4n) is 4.39. The van der Waals surface area contributed by atoms with Crippen molar-refractivity contribution in [2.75, 3.05) is 51.6 Å². The molecule has 0 spiro atoms. The predicted octanol–water partition coefficient (Wildman–Crippen LogP) is 1.58. The minimum Gasteiger partial charge on any atom is -0.339 e. The van der Waals surface area contributed by atoms with Crippen LogP contribution in [0, 0.1) is 0 Å². The number of piperazine rings is 1. The van der Waals surface area contributed by atoms with Crippen LogP contribution in [0.2, 0.25) is 0 Å². The van der Waals surface area contributed by atoms with Gasteiger partial charge in [-0.15, -0.1) is 0 Å². The summed E-state index contributed by atoms with van der Waals surface area (Å²) in [5, 5.41) is 2.80. The highest BCUT2D eigenvalue weighted by molar-refractivity contribution is 7.89. The first kappa shape index (κ1) is 23.4. The number of sulfonamides is 1. The van der Waals surface area contributed by atoms with E-state index in [1.165, 1.54) is 9.87 Å². The van der Waals surface area contributed by atoms with E-state index in [1.807, 2.05) is 30.3 Å². The predicted molar refractivity (Wildman–Crippen MR) is 126 cm³/mol. The van der Waals surface area contributed by atoms with Gasteiger partial charge in [-0.1, -0.05) is 24.3 Å². The highest BCUT2D eigenvalue weighted by Gasteiger charge is 2.31. The Kier molecular flexibility index (Phi) is 7.11. The van der Waals surface area contributed by atoms with Crippen molar-refractivity contribution in [2.45, 2.75) is 24.2 Å². The van der Waals surface area contributed by atoms with E-state index < -0.39 is 10.0 Å². The summed E-state index contributed by atoms with van der Waals surface area (Å²) < 4.78 is 27.6. The highest BCUT2D eigenvalue weighted by Crippen LogP contribution is 2.26. The molecule has 1 heterocycles. The maximum absolute atomic E-state index is 13.1. The van der Waals surface area contributed by atoms with Crippen LogP contribution in [0.1, 0.15) is 17.5 Å². The standard InChI is InChI=1S/C24H30N4O4S/c1-26(17-23(29)25-21-8-3-2-4-9-21)18-24(30)27-12-14-28(15-13-27)33(31,32)22-11-10-19-6-5-7-20(19)16-22/h2-4,8-11,16H,5-7,12-15,17-18H2,1H3,(H,25,29). The molecule has 176 valence electrons. The normalized spacial score (nSPS) is 16.6. The Morgan fingerprint density at radius 1 is 0.939 bits per heavy atom. The Morgan fingerprint density at radius 2 is 1.64 bits per heavy atom. The third-order valence-corrected chi connectivity index (χ3v) is 8.07. The van der Waals surface area contributed by atoms with Gasteiger partial charge in [0.1, 0.15) is 0 Å². The summed E-state index contributed by atoms with van der Waals surface area (Å²) in [7, 11) is -1.85. The first-order valence-electron chi connectivity index (χ1n) is 11.3.